The minimum Gasteiger partial charge on any atom is -0.289 e. The van der Waals surface area contributed by atoms with Crippen molar-refractivity contribution in [1.29, 1.82) is 0 Å². The molecule has 1 nitrogen and oxygen atoms in total. The Kier molecular flexibility index (Phi) is 5.15. The van der Waals surface area contributed by atoms with Gasteiger partial charge in [0.25, 0.3) is 0 Å². The summed E-state index contributed by atoms with van der Waals surface area (Å²) in [4.78, 5) is 6.02. The second kappa shape index (κ2) is 7.28. The maximum Gasteiger partial charge on any atom is 0.0423 e. The monoisotopic (exact) mass is 359 g/mol. The molecule has 0 atom stereocenters. The Morgan fingerprint density at radius 3 is 2.62 bits per heavy atom. The topological polar surface area (TPSA) is 12.4 Å². The Hall–Kier alpha value is -1.06. The van der Waals surface area contributed by atoms with Crippen LogP contribution in [0.25, 0.3) is 0 Å². The number of benzene rings is 2. The smallest absolute Gasteiger partial charge is 0.0423 e. The van der Waals surface area contributed by atoms with Gasteiger partial charge in [-0.3, -0.25) is 4.99 Å². The normalized spacial score (nSPS) is 14.8. The second-order valence-electron chi connectivity index (χ2n) is 5.16. The quantitative estimate of drug-likeness (QED) is 0.636. The minimum atomic E-state index is 0.984. The minimum absolute atomic E-state index is 0.984. The number of nitrogens with zero attached hydrogens (tertiary/aromatic N) is 1. The summed E-state index contributed by atoms with van der Waals surface area (Å²) in [5.41, 5.74) is 4.03. The van der Waals surface area contributed by atoms with E-state index in [1.54, 1.807) is 0 Å². The number of halogens is 1. The molecule has 3 rings (SSSR count). The zero-order valence-electron chi connectivity index (χ0n) is 11.9. The maximum absolute atomic E-state index is 4.73. The lowest BCUT2D eigenvalue weighted by atomic mass is 9.98. The van der Waals surface area contributed by atoms with Gasteiger partial charge >= 0.3 is 0 Å². The van der Waals surface area contributed by atoms with Crippen LogP contribution in [-0.2, 0) is 5.75 Å². The molecular weight excluding hydrogens is 342 g/mol. The molecule has 0 spiro atoms. The van der Waals surface area contributed by atoms with Crippen LogP contribution in [0, 0.1) is 0 Å². The lowest BCUT2D eigenvalue weighted by molar-refractivity contribution is 0.738. The fourth-order valence-corrected chi connectivity index (χ4v) is 4.13. The molecule has 0 saturated carbocycles. The fourth-order valence-electron chi connectivity index (χ4n) is 2.56. The van der Waals surface area contributed by atoms with Crippen LogP contribution in [0.4, 0.5) is 0 Å². The SMILES string of the molecule is Brc1ccccc1SCc1ccccc1C1=NCCCC1. The molecule has 21 heavy (non-hydrogen) atoms. The largest absolute Gasteiger partial charge is 0.289 e. The fraction of sp³-hybridized carbons (Fsp3) is 0.278. The van der Waals surface area contributed by atoms with Crippen molar-refractivity contribution in [3.8, 4) is 0 Å². The molecule has 0 radical (unpaired) electrons. The van der Waals surface area contributed by atoms with Crippen LogP contribution < -0.4 is 0 Å². The van der Waals surface area contributed by atoms with E-state index >= 15 is 0 Å². The number of hydrogen-bond donors (Lipinski definition) is 0. The molecule has 108 valence electrons. The standard InChI is InChI=1S/C18H18BrNS/c19-16-9-3-4-11-18(16)21-13-14-7-1-2-8-15(14)17-10-5-6-12-20-17/h1-4,7-9,11H,5-6,10,12-13H2. The highest BCUT2D eigenvalue weighted by molar-refractivity contribution is 9.10. The average molecular weight is 360 g/mol. The summed E-state index contributed by atoms with van der Waals surface area (Å²) in [6.07, 6.45) is 3.62. The molecule has 1 aliphatic heterocycles. The summed E-state index contributed by atoms with van der Waals surface area (Å²) in [7, 11) is 0. The molecule has 1 aliphatic rings. The molecule has 0 aromatic heterocycles. The van der Waals surface area contributed by atoms with Gasteiger partial charge in [0.05, 0.1) is 0 Å². The van der Waals surface area contributed by atoms with E-state index in [4.69, 9.17) is 4.99 Å². The molecule has 2 aromatic rings. The lowest BCUT2D eigenvalue weighted by Crippen LogP contribution is -2.09. The predicted molar refractivity (Wildman–Crippen MR) is 95.4 cm³/mol. The van der Waals surface area contributed by atoms with E-state index in [0.717, 1.165) is 18.7 Å². The van der Waals surface area contributed by atoms with Gasteiger partial charge in [0, 0.05) is 27.4 Å². The van der Waals surface area contributed by atoms with Crippen LogP contribution >= 0.6 is 27.7 Å². The third-order valence-electron chi connectivity index (χ3n) is 3.67. The molecule has 1 heterocycles. The molecule has 0 unspecified atom stereocenters. The van der Waals surface area contributed by atoms with Crippen molar-refractivity contribution in [3.05, 3.63) is 64.1 Å². The van der Waals surface area contributed by atoms with Crippen molar-refractivity contribution in [3.63, 3.8) is 0 Å². The molecule has 0 aliphatic carbocycles. The molecule has 0 saturated heterocycles. The van der Waals surface area contributed by atoms with Gasteiger partial charge in [-0.2, -0.15) is 0 Å². The van der Waals surface area contributed by atoms with Gasteiger partial charge in [0.1, 0.15) is 0 Å². The van der Waals surface area contributed by atoms with Crippen LogP contribution in [0.15, 0.2) is 62.9 Å². The molecule has 3 heteroatoms. The molecule has 0 bridgehead atoms. The summed E-state index contributed by atoms with van der Waals surface area (Å²) in [5, 5.41) is 0. The Bertz CT molecular complexity index is 651. The first-order chi connectivity index (χ1) is 10.3. The Morgan fingerprint density at radius 2 is 1.81 bits per heavy atom. The first kappa shape index (κ1) is 14.9. The van der Waals surface area contributed by atoms with Crippen molar-refractivity contribution in [2.75, 3.05) is 6.54 Å². The van der Waals surface area contributed by atoms with Crippen molar-refractivity contribution in [2.45, 2.75) is 29.9 Å². The van der Waals surface area contributed by atoms with Gasteiger partial charge in [-0.25, -0.2) is 0 Å². The van der Waals surface area contributed by atoms with Crippen LogP contribution in [0.3, 0.4) is 0 Å². The van der Waals surface area contributed by atoms with Crippen LogP contribution in [0.5, 0.6) is 0 Å². The van der Waals surface area contributed by atoms with Gasteiger partial charge in [0.15, 0.2) is 0 Å². The van der Waals surface area contributed by atoms with E-state index in [1.807, 2.05) is 11.8 Å². The number of hydrogen-bond acceptors (Lipinski definition) is 2. The summed E-state index contributed by atoms with van der Waals surface area (Å²) >= 11 is 5.50. The van der Waals surface area contributed by atoms with Gasteiger partial charge in [-0.05, 0) is 58.5 Å². The predicted octanol–water partition coefficient (Wildman–Crippen LogP) is 5.71. The second-order valence-corrected chi connectivity index (χ2v) is 7.03. The highest BCUT2D eigenvalue weighted by Gasteiger charge is 2.12. The number of thioether (sulfide) groups is 1. The summed E-state index contributed by atoms with van der Waals surface area (Å²) < 4.78 is 1.17. The van der Waals surface area contributed by atoms with E-state index < -0.39 is 0 Å². The number of aliphatic imine (C=N–C) groups is 1. The molecule has 2 aromatic carbocycles. The van der Waals surface area contributed by atoms with E-state index in [2.05, 4.69) is 64.5 Å². The third kappa shape index (κ3) is 3.78. The molecule has 0 fully saturated rings. The van der Waals surface area contributed by atoms with Gasteiger partial charge in [-0.15, -0.1) is 11.8 Å². The first-order valence-corrected chi connectivity index (χ1v) is 9.11. The van der Waals surface area contributed by atoms with Crippen molar-refractivity contribution in [2.24, 2.45) is 4.99 Å². The third-order valence-corrected chi connectivity index (χ3v) is 5.75. The van der Waals surface area contributed by atoms with Crippen molar-refractivity contribution >= 4 is 33.4 Å². The summed E-state index contributed by atoms with van der Waals surface area (Å²) in [6.45, 7) is 0.987. The van der Waals surface area contributed by atoms with Crippen LogP contribution in [0.1, 0.15) is 30.4 Å². The van der Waals surface area contributed by atoms with Gasteiger partial charge < -0.3 is 0 Å². The maximum atomic E-state index is 4.73. The Morgan fingerprint density at radius 1 is 1.00 bits per heavy atom. The van der Waals surface area contributed by atoms with Crippen LogP contribution in [-0.4, -0.2) is 12.3 Å². The van der Waals surface area contributed by atoms with E-state index in [0.29, 0.717) is 0 Å². The zero-order chi connectivity index (χ0) is 14.5. The van der Waals surface area contributed by atoms with E-state index in [-0.39, 0.29) is 0 Å². The van der Waals surface area contributed by atoms with E-state index in [9.17, 15) is 0 Å². The lowest BCUT2D eigenvalue weighted by Gasteiger charge is -2.15. The van der Waals surface area contributed by atoms with Crippen LogP contribution in [0.2, 0.25) is 0 Å². The Labute approximate surface area is 139 Å². The average Bonchev–Trinajstić information content (AvgIpc) is 2.55. The van der Waals surface area contributed by atoms with Crippen molar-refractivity contribution in [1.82, 2.24) is 0 Å². The highest BCUT2D eigenvalue weighted by atomic mass is 79.9. The first-order valence-electron chi connectivity index (χ1n) is 7.33. The Balaban J connectivity index is 1.80. The summed E-state index contributed by atoms with van der Waals surface area (Å²) in [6, 6.07) is 17.1. The van der Waals surface area contributed by atoms with Gasteiger partial charge in [-0.1, -0.05) is 36.4 Å². The summed E-state index contributed by atoms with van der Waals surface area (Å²) in [5.74, 6) is 0.984. The highest BCUT2D eigenvalue weighted by Crippen LogP contribution is 2.31. The molecular formula is C18H18BrNS. The van der Waals surface area contributed by atoms with Crippen molar-refractivity contribution < 1.29 is 0 Å². The van der Waals surface area contributed by atoms with E-state index in [1.165, 1.54) is 39.0 Å². The molecule has 0 amide bonds. The number of rotatable bonds is 4. The van der Waals surface area contributed by atoms with Gasteiger partial charge in [0.2, 0.25) is 0 Å². The molecule has 0 N–H and O–H groups in total. The zero-order valence-corrected chi connectivity index (χ0v) is 14.3.